The number of hydrogen-bond acceptors (Lipinski definition) is 5. The molecule has 0 aliphatic carbocycles. The summed E-state index contributed by atoms with van der Waals surface area (Å²) in [7, 11) is 0. The van der Waals surface area contributed by atoms with Crippen molar-refractivity contribution in [1.82, 2.24) is 9.78 Å². The Balaban J connectivity index is 2.22. The molecule has 6 nitrogen and oxygen atoms in total. The van der Waals surface area contributed by atoms with Crippen LogP contribution in [0, 0.1) is 0 Å². The van der Waals surface area contributed by atoms with E-state index in [-0.39, 0.29) is 11.6 Å². The maximum absolute atomic E-state index is 12.2. The molecular weight excluding hydrogens is 294 g/mol. The number of hydrogen-bond donors (Lipinski definition) is 1. The van der Waals surface area contributed by atoms with Crippen LogP contribution in [0.25, 0.3) is 5.69 Å². The van der Waals surface area contributed by atoms with Crippen molar-refractivity contribution in [2.24, 2.45) is 0 Å². The maximum Gasteiger partial charge on any atom is 0.325 e. The predicted octanol–water partition coefficient (Wildman–Crippen LogP) is 1.86. The van der Waals surface area contributed by atoms with Gasteiger partial charge in [0.05, 0.1) is 24.2 Å². The van der Waals surface area contributed by atoms with Gasteiger partial charge in [-0.05, 0) is 19.1 Å². The van der Waals surface area contributed by atoms with E-state index in [1.54, 1.807) is 31.2 Å². The van der Waals surface area contributed by atoms with E-state index in [0.717, 1.165) is 0 Å². The summed E-state index contributed by atoms with van der Waals surface area (Å²) in [6.07, 6.45) is 1.40. The van der Waals surface area contributed by atoms with Crippen LogP contribution in [-0.2, 0) is 9.53 Å². The Kier molecular flexibility index (Phi) is 4.94. The fourth-order valence-electron chi connectivity index (χ4n) is 1.69. The molecule has 1 N–H and O–H groups in total. The number of carbonyl (C=O) groups is 1. The first-order chi connectivity index (χ1) is 10.1. The van der Waals surface area contributed by atoms with Gasteiger partial charge in [-0.25, -0.2) is 0 Å². The molecule has 0 amide bonds. The van der Waals surface area contributed by atoms with Crippen LogP contribution in [-0.4, -0.2) is 28.9 Å². The summed E-state index contributed by atoms with van der Waals surface area (Å²) >= 11 is 6.02. The van der Waals surface area contributed by atoms with Gasteiger partial charge in [-0.3, -0.25) is 9.59 Å². The van der Waals surface area contributed by atoms with Gasteiger partial charge in [0.1, 0.15) is 11.6 Å². The molecule has 2 aromatic rings. The minimum absolute atomic E-state index is 0.0295. The van der Waals surface area contributed by atoms with Crippen molar-refractivity contribution in [2.75, 3.05) is 18.5 Å². The fourth-order valence-corrected chi connectivity index (χ4v) is 1.88. The van der Waals surface area contributed by atoms with Crippen LogP contribution in [0.15, 0.2) is 41.3 Å². The average Bonchev–Trinajstić information content (AvgIpc) is 2.50. The molecular formula is C14H14ClN3O3. The van der Waals surface area contributed by atoms with Gasteiger partial charge in [0.25, 0.3) is 5.56 Å². The highest BCUT2D eigenvalue weighted by Crippen LogP contribution is 2.16. The van der Waals surface area contributed by atoms with E-state index < -0.39 is 11.5 Å². The topological polar surface area (TPSA) is 73.2 Å². The van der Waals surface area contributed by atoms with E-state index in [2.05, 4.69) is 10.4 Å². The summed E-state index contributed by atoms with van der Waals surface area (Å²) in [4.78, 5) is 23.4. The van der Waals surface area contributed by atoms with Crippen molar-refractivity contribution in [2.45, 2.75) is 6.92 Å². The van der Waals surface area contributed by atoms with Crippen molar-refractivity contribution in [1.29, 1.82) is 0 Å². The molecule has 0 fully saturated rings. The number of nitrogens with one attached hydrogen (secondary N) is 1. The van der Waals surface area contributed by atoms with E-state index in [1.165, 1.54) is 10.9 Å². The summed E-state index contributed by atoms with van der Waals surface area (Å²) in [5.41, 5.74) is 0.444. The number of nitrogens with zero attached hydrogens (tertiary/aromatic N) is 2. The van der Waals surface area contributed by atoms with Crippen LogP contribution < -0.4 is 10.9 Å². The minimum Gasteiger partial charge on any atom is -0.465 e. The molecule has 0 saturated heterocycles. The van der Waals surface area contributed by atoms with Crippen LogP contribution in [0.4, 0.5) is 5.69 Å². The van der Waals surface area contributed by atoms with E-state index in [1.807, 2.05) is 6.07 Å². The second kappa shape index (κ2) is 6.90. The lowest BCUT2D eigenvalue weighted by Gasteiger charge is -2.09. The first-order valence-corrected chi connectivity index (χ1v) is 6.74. The monoisotopic (exact) mass is 307 g/mol. The van der Waals surface area contributed by atoms with Gasteiger partial charge in [0.15, 0.2) is 0 Å². The van der Waals surface area contributed by atoms with E-state index in [4.69, 9.17) is 16.3 Å². The van der Waals surface area contributed by atoms with Gasteiger partial charge in [0, 0.05) is 0 Å². The van der Waals surface area contributed by atoms with Crippen molar-refractivity contribution in [3.8, 4) is 5.69 Å². The molecule has 2 rings (SSSR count). The molecule has 0 unspecified atom stereocenters. The number of halogens is 1. The molecule has 1 aromatic carbocycles. The SMILES string of the molecule is CCOC(=O)CNc1cnn(-c2ccccc2)c(=O)c1Cl. The number of aromatic nitrogens is 2. The number of rotatable bonds is 5. The third kappa shape index (κ3) is 3.61. The van der Waals surface area contributed by atoms with Crippen LogP contribution >= 0.6 is 11.6 Å². The highest BCUT2D eigenvalue weighted by atomic mass is 35.5. The summed E-state index contributed by atoms with van der Waals surface area (Å²) in [6.45, 7) is 1.93. The molecule has 0 atom stereocenters. The van der Waals surface area contributed by atoms with Gasteiger partial charge in [-0.2, -0.15) is 9.78 Å². The molecule has 0 bridgehead atoms. The smallest absolute Gasteiger partial charge is 0.325 e. The number of carbonyl (C=O) groups excluding carboxylic acids is 1. The molecule has 0 aliphatic rings. The van der Waals surface area contributed by atoms with Gasteiger partial charge in [0.2, 0.25) is 0 Å². The molecule has 0 aliphatic heterocycles. The standard InChI is InChI=1S/C14H14ClN3O3/c1-2-21-12(19)9-16-11-8-17-18(14(20)13(11)15)10-6-4-3-5-7-10/h3-8,16H,2,9H2,1H3. The zero-order valence-corrected chi connectivity index (χ0v) is 12.1. The summed E-state index contributed by atoms with van der Waals surface area (Å²) in [5.74, 6) is -0.430. The Morgan fingerprint density at radius 2 is 2.10 bits per heavy atom. The minimum atomic E-state index is -0.461. The van der Waals surface area contributed by atoms with Crippen molar-refractivity contribution in [3.05, 3.63) is 51.9 Å². The molecule has 110 valence electrons. The van der Waals surface area contributed by atoms with Crippen LogP contribution in [0.5, 0.6) is 0 Å². The molecule has 0 spiro atoms. The molecule has 1 heterocycles. The van der Waals surface area contributed by atoms with Gasteiger partial charge >= 0.3 is 5.97 Å². The number of ether oxygens (including phenoxy) is 1. The van der Waals surface area contributed by atoms with Crippen LogP contribution in [0.2, 0.25) is 5.02 Å². The van der Waals surface area contributed by atoms with E-state index in [0.29, 0.717) is 18.0 Å². The van der Waals surface area contributed by atoms with E-state index in [9.17, 15) is 9.59 Å². The largest absolute Gasteiger partial charge is 0.465 e. The predicted molar refractivity (Wildman–Crippen MR) is 80.0 cm³/mol. The number of esters is 1. The lowest BCUT2D eigenvalue weighted by atomic mass is 10.3. The highest BCUT2D eigenvalue weighted by molar-refractivity contribution is 6.33. The molecule has 0 saturated carbocycles. The highest BCUT2D eigenvalue weighted by Gasteiger charge is 2.11. The molecule has 21 heavy (non-hydrogen) atoms. The first-order valence-electron chi connectivity index (χ1n) is 6.36. The Labute approximate surface area is 126 Å². The number of para-hydroxylation sites is 1. The lowest BCUT2D eigenvalue weighted by molar-refractivity contribution is -0.140. The Hall–Kier alpha value is -2.34. The number of anilines is 1. The summed E-state index contributed by atoms with van der Waals surface area (Å²) in [6, 6.07) is 8.92. The molecule has 0 radical (unpaired) electrons. The van der Waals surface area contributed by atoms with Crippen molar-refractivity contribution < 1.29 is 9.53 Å². The van der Waals surface area contributed by atoms with Crippen LogP contribution in [0.1, 0.15) is 6.92 Å². The zero-order valence-electron chi connectivity index (χ0n) is 11.4. The van der Waals surface area contributed by atoms with Gasteiger partial charge in [-0.15, -0.1) is 0 Å². The lowest BCUT2D eigenvalue weighted by Crippen LogP contribution is -2.24. The van der Waals surface area contributed by atoms with Crippen LogP contribution in [0.3, 0.4) is 0 Å². The van der Waals surface area contributed by atoms with Gasteiger partial charge < -0.3 is 10.1 Å². The first kappa shape index (κ1) is 15.1. The van der Waals surface area contributed by atoms with Crippen molar-refractivity contribution in [3.63, 3.8) is 0 Å². The summed E-state index contributed by atoms with van der Waals surface area (Å²) < 4.78 is 5.97. The van der Waals surface area contributed by atoms with E-state index >= 15 is 0 Å². The fraction of sp³-hybridized carbons (Fsp3) is 0.214. The Bertz CT molecular complexity index is 686. The Morgan fingerprint density at radius 1 is 1.38 bits per heavy atom. The zero-order chi connectivity index (χ0) is 15.2. The second-order valence-corrected chi connectivity index (χ2v) is 4.46. The number of benzene rings is 1. The Morgan fingerprint density at radius 3 is 2.76 bits per heavy atom. The third-order valence-electron chi connectivity index (χ3n) is 2.65. The second-order valence-electron chi connectivity index (χ2n) is 4.08. The third-order valence-corrected chi connectivity index (χ3v) is 3.01. The summed E-state index contributed by atoms with van der Waals surface area (Å²) in [5, 5.41) is 6.74. The normalized spacial score (nSPS) is 10.2. The van der Waals surface area contributed by atoms with Gasteiger partial charge in [-0.1, -0.05) is 29.8 Å². The van der Waals surface area contributed by atoms with Crippen molar-refractivity contribution >= 4 is 23.3 Å². The molecule has 1 aromatic heterocycles. The average molecular weight is 308 g/mol. The quantitative estimate of drug-likeness (QED) is 0.854. The molecule has 7 heteroatoms. The maximum atomic E-state index is 12.2.